The molecule has 2 unspecified atom stereocenters. The molecule has 2 heterocycles. The SMILES string of the molecule is CCN(c1cc(F)cc(C(=O)NCc2c(C(F)(F)F)cc(C)n(C)c2=O)c1C)C1CCN(C(=O)OC(C)(C)C)C(C)C1. The van der Waals surface area contributed by atoms with E-state index in [0.29, 0.717) is 37.2 Å². The van der Waals surface area contributed by atoms with Gasteiger partial charge in [0, 0.05) is 61.3 Å². The number of nitrogens with one attached hydrogen (secondary N) is 1. The zero-order chi connectivity index (χ0) is 31.7. The minimum absolute atomic E-state index is 0.0415. The van der Waals surface area contributed by atoms with Crippen LogP contribution in [0.2, 0.25) is 0 Å². The predicted octanol–water partition coefficient (Wildman–Crippen LogP) is 5.70. The summed E-state index contributed by atoms with van der Waals surface area (Å²) >= 11 is 0. The van der Waals surface area contributed by atoms with Gasteiger partial charge in [0.05, 0.1) is 5.56 Å². The van der Waals surface area contributed by atoms with Crippen LogP contribution in [0.4, 0.5) is 28.0 Å². The minimum atomic E-state index is -4.79. The van der Waals surface area contributed by atoms with E-state index < -0.39 is 52.8 Å². The van der Waals surface area contributed by atoms with Crippen LogP contribution in [0.15, 0.2) is 23.0 Å². The fraction of sp³-hybridized carbons (Fsp3) is 0.567. The molecule has 0 aliphatic carbocycles. The number of carbonyl (C=O) groups excluding carboxylic acids is 2. The van der Waals surface area contributed by atoms with Gasteiger partial charge in [-0.05, 0) is 85.1 Å². The number of carbonyl (C=O) groups is 2. The van der Waals surface area contributed by atoms with Crippen molar-refractivity contribution in [2.75, 3.05) is 18.0 Å². The molecule has 2 amide bonds. The Labute approximate surface area is 243 Å². The van der Waals surface area contributed by atoms with Gasteiger partial charge in [-0.25, -0.2) is 9.18 Å². The molecule has 1 aromatic heterocycles. The molecule has 1 N–H and O–H groups in total. The van der Waals surface area contributed by atoms with Gasteiger partial charge in [-0.3, -0.25) is 9.59 Å². The van der Waals surface area contributed by atoms with Crippen molar-refractivity contribution < 1.29 is 31.9 Å². The van der Waals surface area contributed by atoms with Gasteiger partial charge in [0.25, 0.3) is 11.5 Å². The fourth-order valence-electron chi connectivity index (χ4n) is 5.40. The Bertz CT molecular complexity index is 1400. The smallest absolute Gasteiger partial charge is 0.417 e. The van der Waals surface area contributed by atoms with Crippen LogP contribution in [-0.4, -0.2) is 52.2 Å². The number of halogens is 4. The van der Waals surface area contributed by atoms with Crippen LogP contribution in [0.25, 0.3) is 0 Å². The van der Waals surface area contributed by atoms with E-state index in [1.165, 1.54) is 20.0 Å². The lowest BCUT2D eigenvalue weighted by Gasteiger charge is -2.43. The molecule has 1 fully saturated rings. The summed E-state index contributed by atoms with van der Waals surface area (Å²) in [5, 5.41) is 2.40. The highest BCUT2D eigenvalue weighted by molar-refractivity contribution is 5.97. The number of hydrogen-bond acceptors (Lipinski definition) is 5. The molecule has 3 rings (SSSR count). The van der Waals surface area contributed by atoms with E-state index in [1.807, 2.05) is 18.7 Å². The van der Waals surface area contributed by atoms with Gasteiger partial charge in [0.1, 0.15) is 11.4 Å². The average molecular weight is 597 g/mol. The zero-order valence-electron chi connectivity index (χ0n) is 25.4. The standard InChI is InChI=1S/C30H40F4N4O4/c1-9-37(21-10-11-38(18(3)12-21)28(41)42-29(5,6)7)25-15-20(31)14-22(19(25)4)26(39)35-16-23-24(30(32,33)34)13-17(2)36(8)27(23)40/h13-15,18,21H,9-12,16H2,1-8H3,(H,35,39). The third kappa shape index (κ3) is 7.25. The first-order chi connectivity index (χ1) is 19.4. The summed E-state index contributed by atoms with van der Waals surface area (Å²) in [7, 11) is 1.35. The van der Waals surface area contributed by atoms with Gasteiger partial charge in [-0.1, -0.05) is 0 Å². The Morgan fingerprint density at radius 3 is 2.33 bits per heavy atom. The number of hydrogen-bond donors (Lipinski definition) is 1. The van der Waals surface area contributed by atoms with Crippen molar-refractivity contribution in [3.63, 3.8) is 0 Å². The monoisotopic (exact) mass is 596 g/mol. The molecule has 1 aromatic carbocycles. The summed E-state index contributed by atoms with van der Waals surface area (Å²) in [4.78, 5) is 42.2. The Morgan fingerprint density at radius 2 is 1.79 bits per heavy atom. The van der Waals surface area contributed by atoms with E-state index in [2.05, 4.69) is 5.32 Å². The number of aromatic nitrogens is 1. The van der Waals surface area contributed by atoms with Crippen LogP contribution >= 0.6 is 0 Å². The van der Waals surface area contributed by atoms with Gasteiger partial charge in [-0.2, -0.15) is 13.2 Å². The number of likely N-dealkylation sites (tertiary alicyclic amines) is 1. The van der Waals surface area contributed by atoms with Gasteiger partial charge >= 0.3 is 12.3 Å². The summed E-state index contributed by atoms with van der Waals surface area (Å²) in [6, 6.07) is 3.02. The molecule has 2 atom stereocenters. The maximum absolute atomic E-state index is 14.9. The summed E-state index contributed by atoms with van der Waals surface area (Å²) in [5.74, 6) is -1.48. The quantitative estimate of drug-likeness (QED) is 0.433. The minimum Gasteiger partial charge on any atom is -0.444 e. The molecule has 0 saturated carbocycles. The van der Waals surface area contributed by atoms with Crippen LogP contribution in [0.3, 0.4) is 0 Å². The second kappa shape index (κ2) is 12.3. The van der Waals surface area contributed by atoms with E-state index in [-0.39, 0.29) is 23.3 Å². The van der Waals surface area contributed by atoms with E-state index >= 15 is 0 Å². The number of benzene rings is 1. The normalized spacial score (nSPS) is 17.7. The number of nitrogens with zero attached hydrogens (tertiary/aromatic N) is 3. The van der Waals surface area contributed by atoms with Gasteiger partial charge in [0.2, 0.25) is 0 Å². The summed E-state index contributed by atoms with van der Waals surface area (Å²) < 4.78 is 62.6. The zero-order valence-corrected chi connectivity index (χ0v) is 25.4. The van der Waals surface area contributed by atoms with E-state index in [0.717, 1.165) is 16.7 Å². The third-order valence-electron chi connectivity index (χ3n) is 7.66. The number of aryl methyl sites for hydroxylation is 1. The largest absolute Gasteiger partial charge is 0.444 e. The Kier molecular flexibility index (Phi) is 9.68. The molecule has 42 heavy (non-hydrogen) atoms. The first kappa shape index (κ1) is 32.9. The lowest BCUT2D eigenvalue weighted by atomic mass is 9.95. The maximum atomic E-state index is 14.9. The fourth-order valence-corrected chi connectivity index (χ4v) is 5.40. The molecule has 0 spiro atoms. The Hall–Kier alpha value is -3.57. The van der Waals surface area contributed by atoms with Crippen LogP contribution in [0.1, 0.15) is 80.2 Å². The van der Waals surface area contributed by atoms with E-state index in [1.54, 1.807) is 32.6 Å². The van der Waals surface area contributed by atoms with Crippen LogP contribution < -0.4 is 15.8 Å². The van der Waals surface area contributed by atoms with Crippen molar-refractivity contribution >= 4 is 17.7 Å². The van der Waals surface area contributed by atoms with Crippen molar-refractivity contribution in [1.82, 2.24) is 14.8 Å². The van der Waals surface area contributed by atoms with Crippen molar-refractivity contribution in [2.45, 2.75) is 91.7 Å². The summed E-state index contributed by atoms with van der Waals surface area (Å²) in [6.07, 6.45) is -4.01. The number of pyridine rings is 1. The van der Waals surface area contributed by atoms with Crippen molar-refractivity contribution in [2.24, 2.45) is 7.05 Å². The molecule has 8 nitrogen and oxygen atoms in total. The topological polar surface area (TPSA) is 83.9 Å². The number of piperidine rings is 1. The number of alkyl halides is 3. The molecule has 12 heteroatoms. The summed E-state index contributed by atoms with van der Waals surface area (Å²) in [5.41, 5.74) is -2.20. The van der Waals surface area contributed by atoms with Crippen LogP contribution in [-0.2, 0) is 24.5 Å². The molecule has 232 valence electrons. The lowest BCUT2D eigenvalue weighted by Crippen LogP contribution is -2.52. The molecule has 1 aliphatic rings. The van der Waals surface area contributed by atoms with Crippen molar-refractivity contribution in [3.05, 3.63) is 62.3 Å². The number of rotatable bonds is 6. The van der Waals surface area contributed by atoms with E-state index in [4.69, 9.17) is 4.74 Å². The first-order valence-electron chi connectivity index (χ1n) is 14.0. The highest BCUT2D eigenvalue weighted by Gasteiger charge is 2.36. The highest BCUT2D eigenvalue weighted by Crippen LogP contribution is 2.33. The Balaban J connectivity index is 1.85. The number of ether oxygens (including phenoxy) is 1. The predicted molar refractivity (Wildman–Crippen MR) is 152 cm³/mol. The Morgan fingerprint density at radius 1 is 1.14 bits per heavy atom. The molecule has 0 radical (unpaired) electrons. The second-order valence-corrected chi connectivity index (χ2v) is 11.8. The molecule has 0 bridgehead atoms. The lowest BCUT2D eigenvalue weighted by molar-refractivity contribution is -0.138. The van der Waals surface area contributed by atoms with Crippen LogP contribution in [0, 0.1) is 19.7 Å². The van der Waals surface area contributed by atoms with Gasteiger partial charge < -0.3 is 24.4 Å². The number of amides is 2. The number of anilines is 1. The highest BCUT2D eigenvalue weighted by atomic mass is 19.4. The molecule has 2 aromatic rings. The average Bonchev–Trinajstić information content (AvgIpc) is 2.87. The first-order valence-corrected chi connectivity index (χ1v) is 14.0. The van der Waals surface area contributed by atoms with E-state index in [9.17, 15) is 31.9 Å². The maximum Gasteiger partial charge on any atom is 0.417 e. The second-order valence-electron chi connectivity index (χ2n) is 11.8. The summed E-state index contributed by atoms with van der Waals surface area (Å²) in [6.45, 7) is 12.5. The molecular formula is C30H40F4N4O4. The van der Waals surface area contributed by atoms with Gasteiger partial charge in [0.15, 0.2) is 0 Å². The van der Waals surface area contributed by atoms with Crippen LogP contribution in [0.5, 0.6) is 0 Å². The van der Waals surface area contributed by atoms with Crippen molar-refractivity contribution in [1.29, 1.82) is 0 Å². The molecule has 1 saturated heterocycles. The third-order valence-corrected chi connectivity index (χ3v) is 7.66. The van der Waals surface area contributed by atoms with Gasteiger partial charge in [-0.15, -0.1) is 0 Å². The molecular weight excluding hydrogens is 556 g/mol. The molecule has 1 aliphatic heterocycles. The van der Waals surface area contributed by atoms with Crippen molar-refractivity contribution in [3.8, 4) is 0 Å².